The van der Waals surface area contributed by atoms with Crippen LogP contribution in [0.4, 0.5) is 17.5 Å². The minimum absolute atomic E-state index is 0.0350. The molecule has 1 aromatic carbocycles. The van der Waals surface area contributed by atoms with Crippen LogP contribution in [0.2, 0.25) is 0 Å². The summed E-state index contributed by atoms with van der Waals surface area (Å²) in [5, 5.41) is 18.2. The Bertz CT molecular complexity index is 1280. The number of hydrogen-bond donors (Lipinski definition) is 3. The summed E-state index contributed by atoms with van der Waals surface area (Å²) in [7, 11) is 7.24. The molecule has 1 atom stereocenters. The minimum Gasteiger partial charge on any atom is -0.372 e. The highest BCUT2D eigenvalue weighted by Crippen LogP contribution is 2.27. The Kier molecular flexibility index (Phi) is 9.80. The van der Waals surface area contributed by atoms with Gasteiger partial charge in [0.25, 0.3) is 0 Å². The maximum absolute atomic E-state index is 12.6. The van der Waals surface area contributed by atoms with Gasteiger partial charge in [0.15, 0.2) is 0 Å². The summed E-state index contributed by atoms with van der Waals surface area (Å²) in [6, 6.07) is 8.65. The first-order chi connectivity index (χ1) is 18.2. The Morgan fingerprint density at radius 1 is 1.26 bits per heavy atom. The third-order valence-corrected chi connectivity index (χ3v) is 6.21. The summed E-state index contributed by atoms with van der Waals surface area (Å²) < 4.78 is 0. The molecule has 1 aliphatic carbocycles. The van der Waals surface area contributed by atoms with Crippen molar-refractivity contribution >= 4 is 29.3 Å². The molecule has 10 nitrogen and oxygen atoms in total. The number of nitrogens with one attached hydrogen (secondary N) is 3. The largest absolute Gasteiger partial charge is 0.372 e. The number of benzene rings is 1. The number of hydrogen-bond acceptors (Lipinski definition) is 8. The minimum atomic E-state index is -0.568. The van der Waals surface area contributed by atoms with Gasteiger partial charge in [-0.25, -0.2) is 4.98 Å². The van der Waals surface area contributed by atoms with Crippen LogP contribution in [0, 0.1) is 29.1 Å². The van der Waals surface area contributed by atoms with E-state index in [1.165, 1.54) is 11.0 Å². The molecular formula is C28H34N8O2. The van der Waals surface area contributed by atoms with Crippen LogP contribution in [0.5, 0.6) is 0 Å². The second-order valence-corrected chi connectivity index (χ2v) is 9.46. The Hall–Kier alpha value is -4.41. The quantitative estimate of drug-likeness (QED) is 0.344. The molecule has 2 aromatic rings. The number of carbonyl (C=O) groups is 2. The lowest BCUT2D eigenvalue weighted by Crippen LogP contribution is -2.51. The van der Waals surface area contributed by atoms with Crippen molar-refractivity contribution in [2.24, 2.45) is 5.92 Å². The van der Waals surface area contributed by atoms with Gasteiger partial charge in [-0.2, -0.15) is 10.2 Å². The molecule has 1 saturated carbocycles. The van der Waals surface area contributed by atoms with Gasteiger partial charge in [-0.1, -0.05) is 24.0 Å². The van der Waals surface area contributed by atoms with Gasteiger partial charge in [-0.3, -0.25) is 9.59 Å². The highest BCUT2D eigenvalue weighted by atomic mass is 16.2. The molecule has 1 heterocycles. The molecule has 0 aliphatic heterocycles. The van der Waals surface area contributed by atoms with E-state index >= 15 is 0 Å². The molecule has 2 amide bonds. The normalized spacial score (nSPS) is 17.0. The van der Waals surface area contributed by atoms with Crippen LogP contribution in [0.15, 0.2) is 42.6 Å². The standard InChI is InChI=1S/C28H34N8O2/c1-19(36(5)25(37)10-7-13-35(3)4)27(38)32-24-14-20(15-24)11-12-22-18-31-28(34-26(22)30-2)33-23-9-6-8-21(16-23)17-29/h6-10,16,18-20,24H,13-15H2,1-5H3,(H,32,38)(H2,30,31,33,34)/b10-7+/t19-,20-,24+/m0/s1. The van der Waals surface area contributed by atoms with E-state index in [-0.39, 0.29) is 23.8 Å². The van der Waals surface area contributed by atoms with Crippen molar-refractivity contribution in [1.29, 1.82) is 5.26 Å². The fourth-order valence-corrected chi connectivity index (χ4v) is 3.72. The summed E-state index contributed by atoms with van der Waals surface area (Å²) in [5.41, 5.74) is 1.94. The van der Waals surface area contributed by atoms with Gasteiger partial charge in [0, 0.05) is 44.4 Å². The van der Waals surface area contributed by atoms with E-state index in [2.05, 4.69) is 43.8 Å². The molecule has 0 spiro atoms. The zero-order valence-corrected chi connectivity index (χ0v) is 22.4. The molecule has 1 aliphatic rings. The van der Waals surface area contributed by atoms with Gasteiger partial charge >= 0.3 is 0 Å². The molecule has 0 radical (unpaired) electrons. The van der Waals surface area contributed by atoms with Crippen LogP contribution in [-0.2, 0) is 9.59 Å². The molecule has 3 N–H and O–H groups in total. The monoisotopic (exact) mass is 514 g/mol. The smallest absolute Gasteiger partial charge is 0.246 e. The number of likely N-dealkylation sites (N-methyl/N-ethyl adjacent to an activating group) is 2. The van der Waals surface area contributed by atoms with Gasteiger partial charge < -0.3 is 25.8 Å². The molecule has 3 rings (SSSR count). The zero-order valence-electron chi connectivity index (χ0n) is 22.4. The number of amides is 2. The Morgan fingerprint density at radius 2 is 2.03 bits per heavy atom. The van der Waals surface area contributed by atoms with E-state index in [1.54, 1.807) is 51.5 Å². The number of anilines is 3. The third kappa shape index (κ3) is 7.79. The highest BCUT2D eigenvalue weighted by Gasteiger charge is 2.31. The number of nitriles is 1. The van der Waals surface area contributed by atoms with E-state index in [1.807, 2.05) is 25.1 Å². The van der Waals surface area contributed by atoms with Crippen LogP contribution in [0.25, 0.3) is 0 Å². The first-order valence-electron chi connectivity index (χ1n) is 12.4. The summed E-state index contributed by atoms with van der Waals surface area (Å²) in [5.74, 6) is 7.16. The van der Waals surface area contributed by atoms with E-state index in [9.17, 15) is 9.59 Å². The van der Waals surface area contributed by atoms with Crippen LogP contribution in [-0.4, -0.2) is 78.4 Å². The third-order valence-electron chi connectivity index (χ3n) is 6.21. The molecule has 1 aromatic heterocycles. The van der Waals surface area contributed by atoms with E-state index in [0.29, 0.717) is 29.4 Å². The second kappa shape index (κ2) is 13.2. The van der Waals surface area contributed by atoms with Gasteiger partial charge in [-0.15, -0.1) is 0 Å². The molecule has 0 saturated heterocycles. The average molecular weight is 515 g/mol. The Labute approximate surface area is 224 Å². The van der Waals surface area contributed by atoms with Crippen LogP contribution in [0.1, 0.15) is 30.9 Å². The maximum atomic E-state index is 12.6. The number of carbonyl (C=O) groups excluding carboxylic acids is 2. The van der Waals surface area contributed by atoms with Crippen molar-refractivity contribution in [2.45, 2.75) is 31.8 Å². The summed E-state index contributed by atoms with van der Waals surface area (Å²) in [6.45, 7) is 2.38. The molecular weight excluding hydrogens is 480 g/mol. The lowest BCUT2D eigenvalue weighted by atomic mass is 9.80. The van der Waals surface area contributed by atoms with E-state index in [4.69, 9.17) is 5.26 Å². The molecule has 198 valence electrons. The highest BCUT2D eigenvalue weighted by molar-refractivity contribution is 5.92. The van der Waals surface area contributed by atoms with Gasteiger partial charge in [0.2, 0.25) is 17.8 Å². The molecule has 1 fully saturated rings. The zero-order chi connectivity index (χ0) is 27.7. The molecule has 10 heteroatoms. The average Bonchev–Trinajstić information content (AvgIpc) is 2.89. The first-order valence-corrected chi connectivity index (χ1v) is 12.4. The van der Waals surface area contributed by atoms with Gasteiger partial charge in [0.1, 0.15) is 11.9 Å². The van der Waals surface area contributed by atoms with E-state index in [0.717, 1.165) is 18.5 Å². The second-order valence-electron chi connectivity index (χ2n) is 9.46. The predicted octanol–water partition coefficient (Wildman–Crippen LogP) is 2.34. The van der Waals surface area contributed by atoms with Crippen molar-refractivity contribution in [3.8, 4) is 17.9 Å². The number of nitrogens with zero attached hydrogens (tertiary/aromatic N) is 5. The lowest BCUT2D eigenvalue weighted by Gasteiger charge is -2.34. The van der Waals surface area contributed by atoms with Crippen LogP contribution < -0.4 is 16.0 Å². The Morgan fingerprint density at radius 3 is 2.71 bits per heavy atom. The van der Waals surface area contributed by atoms with Crippen molar-refractivity contribution < 1.29 is 9.59 Å². The van der Waals surface area contributed by atoms with Crippen molar-refractivity contribution in [1.82, 2.24) is 25.1 Å². The number of aromatic nitrogens is 2. The molecule has 38 heavy (non-hydrogen) atoms. The summed E-state index contributed by atoms with van der Waals surface area (Å²) in [4.78, 5) is 37.1. The number of rotatable bonds is 9. The SMILES string of the molecule is CNc1nc(Nc2cccc(C#N)c2)ncc1C#C[C@H]1C[C@@H](NC(=O)[C@H](C)N(C)C(=O)/C=C/CN(C)C)C1. The Balaban J connectivity index is 1.51. The maximum Gasteiger partial charge on any atom is 0.246 e. The van der Waals surface area contributed by atoms with Crippen molar-refractivity contribution in [2.75, 3.05) is 45.4 Å². The summed E-state index contributed by atoms with van der Waals surface area (Å²) >= 11 is 0. The molecule has 0 unspecified atom stereocenters. The van der Waals surface area contributed by atoms with Gasteiger partial charge in [0.05, 0.1) is 23.4 Å². The molecule has 0 bridgehead atoms. The summed E-state index contributed by atoms with van der Waals surface area (Å²) in [6.07, 6.45) is 6.42. The van der Waals surface area contributed by atoms with E-state index < -0.39 is 6.04 Å². The van der Waals surface area contributed by atoms with Crippen molar-refractivity contribution in [3.05, 3.63) is 53.7 Å². The van der Waals surface area contributed by atoms with Crippen molar-refractivity contribution in [3.63, 3.8) is 0 Å². The predicted molar refractivity (Wildman–Crippen MR) is 147 cm³/mol. The first kappa shape index (κ1) is 28.2. The topological polar surface area (TPSA) is 126 Å². The fraction of sp³-hybridized carbons (Fsp3) is 0.393. The van der Waals surface area contributed by atoms with Crippen LogP contribution >= 0.6 is 0 Å². The van der Waals surface area contributed by atoms with Gasteiger partial charge in [-0.05, 0) is 52.1 Å². The van der Waals surface area contributed by atoms with Crippen LogP contribution in [0.3, 0.4) is 0 Å². The fourth-order valence-electron chi connectivity index (χ4n) is 3.72. The lowest BCUT2D eigenvalue weighted by molar-refractivity contribution is -0.135.